The maximum atomic E-state index is 11.3. The van der Waals surface area contributed by atoms with Crippen molar-refractivity contribution in [1.29, 1.82) is 0 Å². The number of hydrogen-bond donors (Lipinski definition) is 2. The second-order valence-corrected chi connectivity index (χ2v) is 4.76. The average Bonchev–Trinajstić information content (AvgIpc) is 2.74. The molecule has 112 valence electrons. The van der Waals surface area contributed by atoms with Gasteiger partial charge in [0.15, 0.2) is 0 Å². The van der Waals surface area contributed by atoms with E-state index < -0.39 is 0 Å². The van der Waals surface area contributed by atoms with Crippen LogP contribution in [0.25, 0.3) is 0 Å². The summed E-state index contributed by atoms with van der Waals surface area (Å²) in [6, 6.07) is 5.22. The van der Waals surface area contributed by atoms with Gasteiger partial charge in [-0.1, -0.05) is 6.07 Å². The molecule has 2 rings (SSSR count). The molecule has 0 amide bonds. The van der Waals surface area contributed by atoms with Crippen molar-refractivity contribution in [3.8, 4) is 0 Å². The van der Waals surface area contributed by atoms with E-state index in [1.165, 1.54) is 0 Å². The molecule has 7 heteroatoms. The molecule has 0 atom stereocenters. The van der Waals surface area contributed by atoms with E-state index in [9.17, 15) is 10.1 Å². The van der Waals surface area contributed by atoms with Crippen LogP contribution in [0.15, 0.2) is 24.4 Å². The van der Waals surface area contributed by atoms with Crippen LogP contribution in [0.2, 0.25) is 0 Å². The molecule has 1 heterocycles. The van der Waals surface area contributed by atoms with Crippen LogP contribution >= 0.6 is 0 Å². The van der Waals surface area contributed by atoms with Gasteiger partial charge in [-0.25, -0.2) is 0 Å². The first-order chi connectivity index (χ1) is 10.0. The van der Waals surface area contributed by atoms with Gasteiger partial charge in [-0.15, -0.1) is 0 Å². The molecule has 0 radical (unpaired) electrons. The maximum Gasteiger partial charge on any atom is 0.315 e. The summed E-state index contributed by atoms with van der Waals surface area (Å²) in [5, 5.41) is 21.7. The summed E-state index contributed by atoms with van der Waals surface area (Å²) < 4.78 is 1.73. The largest absolute Gasteiger partial charge is 0.380 e. The summed E-state index contributed by atoms with van der Waals surface area (Å²) in [6.45, 7) is 4.95. The highest BCUT2D eigenvalue weighted by molar-refractivity contribution is 5.76. The van der Waals surface area contributed by atoms with Crippen LogP contribution in [0.1, 0.15) is 18.2 Å². The molecule has 21 heavy (non-hydrogen) atoms. The van der Waals surface area contributed by atoms with Crippen LogP contribution in [0.3, 0.4) is 0 Å². The maximum absolute atomic E-state index is 11.3. The van der Waals surface area contributed by atoms with Crippen molar-refractivity contribution < 1.29 is 4.92 Å². The highest BCUT2D eigenvalue weighted by atomic mass is 16.6. The lowest BCUT2D eigenvalue weighted by Crippen LogP contribution is -2.06. The Kier molecular flexibility index (Phi) is 4.42. The lowest BCUT2D eigenvalue weighted by atomic mass is 10.2. The summed E-state index contributed by atoms with van der Waals surface area (Å²) in [5.41, 5.74) is 3.02. The van der Waals surface area contributed by atoms with Crippen molar-refractivity contribution in [2.24, 2.45) is 7.05 Å². The fourth-order valence-corrected chi connectivity index (χ4v) is 2.23. The molecule has 0 saturated heterocycles. The SMILES string of the molecule is CCNc1cccc(NCc2cn(C)nc2C)c1[N+](=O)[O-]. The van der Waals surface area contributed by atoms with Crippen molar-refractivity contribution >= 4 is 17.1 Å². The van der Waals surface area contributed by atoms with Crippen molar-refractivity contribution in [2.75, 3.05) is 17.2 Å². The minimum Gasteiger partial charge on any atom is -0.380 e. The highest BCUT2D eigenvalue weighted by Gasteiger charge is 2.19. The topological polar surface area (TPSA) is 85.0 Å². The molecule has 2 aromatic rings. The number of anilines is 2. The normalized spacial score (nSPS) is 10.4. The van der Waals surface area contributed by atoms with Crippen LogP contribution in [0.5, 0.6) is 0 Å². The van der Waals surface area contributed by atoms with E-state index in [2.05, 4.69) is 15.7 Å². The Morgan fingerprint density at radius 1 is 1.33 bits per heavy atom. The summed E-state index contributed by atoms with van der Waals surface area (Å²) in [4.78, 5) is 10.9. The zero-order valence-corrected chi connectivity index (χ0v) is 12.4. The number of nitrogens with zero attached hydrogens (tertiary/aromatic N) is 3. The number of para-hydroxylation sites is 1. The van der Waals surface area contributed by atoms with Gasteiger partial charge < -0.3 is 10.6 Å². The number of nitrogens with one attached hydrogen (secondary N) is 2. The number of rotatable bonds is 6. The number of aryl methyl sites for hydroxylation is 2. The zero-order valence-electron chi connectivity index (χ0n) is 12.4. The molecule has 0 aliphatic rings. The number of nitro groups is 1. The third-order valence-corrected chi connectivity index (χ3v) is 3.17. The average molecular weight is 289 g/mol. The van der Waals surface area contributed by atoms with Gasteiger partial charge in [-0.3, -0.25) is 14.8 Å². The predicted molar refractivity (Wildman–Crippen MR) is 82.5 cm³/mol. The summed E-state index contributed by atoms with van der Waals surface area (Å²) >= 11 is 0. The molecule has 0 aliphatic carbocycles. The molecule has 0 spiro atoms. The van der Waals surface area contributed by atoms with E-state index in [-0.39, 0.29) is 10.6 Å². The van der Waals surface area contributed by atoms with E-state index in [0.717, 1.165) is 11.3 Å². The fourth-order valence-electron chi connectivity index (χ4n) is 2.23. The Balaban J connectivity index is 2.25. The fraction of sp³-hybridized carbons (Fsp3) is 0.357. The molecule has 0 aliphatic heterocycles. The van der Waals surface area contributed by atoms with Gasteiger partial charge in [0, 0.05) is 31.9 Å². The Hall–Kier alpha value is -2.57. The molecule has 7 nitrogen and oxygen atoms in total. The first kappa shape index (κ1) is 14.8. The van der Waals surface area contributed by atoms with Crippen molar-refractivity contribution in [1.82, 2.24) is 9.78 Å². The molecular formula is C14H19N5O2. The zero-order chi connectivity index (χ0) is 15.4. The third kappa shape index (κ3) is 3.31. The van der Waals surface area contributed by atoms with Gasteiger partial charge in [0.25, 0.3) is 0 Å². The van der Waals surface area contributed by atoms with Gasteiger partial charge >= 0.3 is 5.69 Å². The number of aromatic nitrogens is 2. The smallest absolute Gasteiger partial charge is 0.315 e. The third-order valence-electron chi connectivity index (χ3n) is 3.17. The summed E-state index contributed by atoms with van der Waals surface area (Å²) in [5.74, 6) is 0. The van der Waals surface area contributed by atoms with Crippen molar-refractivity contribution in [3.05, 3.63) is 45.8 Å². The molecule has 0 fully saturated rings. The van der Waals surface area contributed by atoms with E-state index in [4.69, 9.17) is 0 Å². The molecule has 1 aromatic carbocycles. The lowest BCUT2D eigenvalue weighted by molar-refractivity contribution is -0.383. The van der Waals surface area contributed by atoms with Crippen LogP contribution in [0.4, 0.5) is 17.1 Å². The van der Waals surface area contributed by atoms with Crippen molar-refractivity contribution in [2.45, 2.75) is 20.4 Å². The van der Waals surface area contributed by atoms with E-state index in [0.29, 0.717) is 24.5 Å². The van der Waals surface area contributed by atoms with Gasteiger partial charge in [-0.05, 0) is 26.0 Å². The van der Waals surface area contributed by atoms with Gasteiger partial charge in [0.2, 0.25) is 0 Å². The van der Waals surface area contributed by atoms with Crippen LogP contribution < -0.4 is 10.6 Å². The second kappa shape index (κ2) is 6.25. The summed E-state index contributed by atoms with van der Waals surface area (Å²) in [6.07, 6.45) is 1.91. The van der Waals surface area contributed by atoms with Crippen LogP contribution in [-0.4, -0.2) is 21.2 Å². The Bertz CT molecular complexity index is 651. The minimum absolute atomic E-state index is 0.0703. The Morgan fingerprint density at radius 3 is 2.52 bits per heavy atom. The van der Waals surface area contributed by atoms with Gasteiger partial charge in [0.1, 0.15) is 11.4 Å². The monoisotopic (exact) mass is 289 g/mol. The van der Waals surface area contributed by atoms with Gasteiger partial charge in [-0.2, -0.15) is 5.10 Å². The standard InChI is InChI=1S/C14H19N5O2/c1-4-15-12-6-5-7-13(14(12)19(20)21)16-8-11-9-18(3)17-10(11)2/h5-7,9,15-16H,4,8H2,1-3H3. The lowest BCUT2D eigenvalue weighted by Gasteiger charge is -2.10. The first-order valence-electron chi connectivity index (χ1n) is 6.77. The van der Waals surface area contributed by atoms with E-state index in [1.807, 2.05) is 27.1 Å². The molecule has 1 aromatic heterocycles. The Morgan fingerprint density at radius 2 is 2.00 bits per heavy atom. The number of hydrogen-bond acceptors (Lipinski definition) is 5. The molecule has 0 unspecified atom stereocenters. The summed E-state index contributed by atoms with van der Waals surface area (Å²) in [7, 11) is 1.85. The van der Waals surface area contributed by atoms with Crippen LogP contribution in [0, 0.1) is 17.0 Å². The quantitative estimate of drug-likeness (QED) is 0.631. The molecule has 0 saturated carbocycles. The van der Waals surface area contributed by atoms with Gasteiger partial charge in [0.05, 0.1) is 10.6 Å². The van der Waals surface area contributed by atoms with E-state index >= 15 is 0 Å². The van der Waals surface area contributed by atoms with Crippen LogP contribution in [-0.2, 0) is 13.6 Å². The number of benzene rings is 1. The molecule has 0 bridgehead atoms. The first-order valence-corrected chi connectivity index (χ1v) is 6.77. The number of nitro benzene ring substituents is 1. The minimum atomic E-state index is -0.365. The molecule has 2 N–H and O–H groups in total. The van der Waals surface area contributed by atoms with Crippen molar-refractivity contribution in [3.63, 3.8) is 0 Å². The molecular weight excluding hydrogens is 270 g/mol. The van der Waals surface area contributed by atoms with E-state index in [1.54, 1.807) is 22.9 Å². The predicted octanol–water partition coefficient (Wildman–Crippen LogP) is 2.68. The second-order valence-electron chi connectivity index (χ2n) is 4.76. The highest BCUT2D eigenvalue weighted by Crippen LogP contribution is 2.33. The Labute approximate surface area is 123 Å².